The Morgan fingerprint density at radius 3 is 3.18 bits per heavy atom. The van der Waals surface area contributed by atoms with Gasteiger partial charge in [0.25, 0.3) is 0 Å². The van der Waals surface area contributed by atoms with Crippen molar-refractivity contribution in [1.82, 2.24) is 0 Å². The number of methoxy groups -OCH3 is 1. The molecule has 0 saturated heterocycles. The van der Waals surface area contributed by atoms with E-state index in [0.29, 0.717) is 13.2 Å². The molecule has 2 N–H and O–H groups in total. The summed E-state index contributed by atoms with van der Waals surface area (Å²) < 4.78 is 10.7. The van der Waals surface area contributed by atoms with E-state index in [4.69, 9.17) is 15.2 Å². The SMILES string of the molecule is COc1cccc(C2COC(CCCN)=N2)c1. The van der Waals surface area contributed by atoms with Gasteiger partial charge in [0, 0.05) is 6.42 Å². The average molecular weight is 234 g/mol. The molecule has 0 aromatic heterocycles. The molecule has 1 aliphatic heterocycles. The second-order valence-electron chi connectivity index (χ2n) is 4.02. The molecule has 0 amide bonds. The molecule has 1 atom stereocenters. The van der Waals surface area contributed by atoms with Crippen LogP contribution in [-0.2, 0) is 4.74 Å². The van der Waals surface area contributed by atoms with Crippen molar-refractivity contribution in [3.05, 3.63) is 29.8 Å². The van der Waals surface area contributed by atoms with Gasteiger partial charge in [-0.1, -0.05) is 12.1 Å². The van der Waals surface area contributed by atoms with E-state index in [0.717, 1.165) is 30.1 Å². The normalized spacial score (nSPS) is 18.7. The van der Waals surface area contributed by atoms with E-state index in [1.165, 1.54) is 0 Å². The first-order valence-electron chi connectivity index (χ1n) is 5.87. The van der Waals surface area contributed by atoms with E-state index >= 15 is 0 Å². The topological polar surface area (TPSA) is 56.8 Å². The van der Waals surface area contributed by atoms with Crippen LogP contribution >= 0.6 is 0 Å². The molecule has 0 bridgehead atoms. The number of aliphatic imine (C=N–C) groups is 1. The minimum Gasteiger partial charge on any atom is -0.497 e. The maximum Gasteiger partial charge on any atom is 0.184 e. The summed E-state index contributed by atoms with van der Waals surface area (Å²) in [5, 5.41) is 0. The van der Waals surface area contributed by atoms with E-state index in [9.17, 15) is 0 Å². The van der Waals surface area contributed by atoms with E-state index in [1.807, 2.05) is 24.3 Å². The molecule has 1 aromatic carbocycles. The molecule has 1 heterocycles. The quantitative estimate of drug-likeness (QED) is 0.846. The molecule has 1 unspecified atom stereocenters. The van der Waals surface area contributed by atoms with Gasteiger partial charge in [0.05, 0.1) is 7.11 Å². The zero-order chi connectivity index (χ0) is 12.1. The first kappa shape index (κ1) is 11.9. The van der Waals surface area contributed by atoms with E-state index < -0.39 is 0 Å². The molecule has 2 rings (SSSR count). The zero-order valence-corrected chi connectivity index (χ0v) is 10.1. The van der Waals surface area contributed by atoms with E-state index in [1.54, 1.807) is 7.11 Å². The van der Waals surface area contributed by atoms with E-state index in [2.05, 4.69) is 4.99 Å². The number of rotatable bonds is 5. The minimum absolute atomic E-state index is 0.0953. The third-order valence-corrected chi connectivity index (χ3v) is 2.78. The maximum absolute atomic E-state index is 5.55. The third-order valence-electron chi connectivity index (χ3n) is 2.78. The van der Waals surface area contributed by atoms with Gasteiger partial charge in [0.2, 0.25) is 0 Å². The Morgan fingerprint density at radius 1 is 1.53 bits per heavy atom. The second-order valence-corrected chi connectivity index (χ2v) is 4.02. The molecule has 92 valence electrons. The van der Waals surface area contributed by atoms with Crippen molar-refractivity contribution >= 4 is 5.90 Å². The molecule has 17 heavy (non-hydrogen) atoms. The second kappa shape index (κ2) is 5.68. The van der Waals surface area contributed by atoms with Gasteiger partial charge in [-0.15, -0.1) is 0 Å². The molecule has 0 aliphatic carbocycles. The lowest BCUT2D eigenvalue weighted by Crippen LogP contribution is -2.04. The van der Waals surface area contributed by atoms with Gasteiger partial charge < -0.3 is 15.2 Å². The monoisotopic (exact) mass is 234 g/mol. The molecule has 4 heteroatoms. The Hall–Kier alpha value is -1.55. The third kappa shape index (κ3) is 2.97. The van der Waals surface area contributed by atoms with E-state index in [-0.39, 0.29) is 6.04 Å². The highest BCUT2D eigenvalue weighted by molar-refractivity contribution is 5.77. The average Bonchev–Trinajstić information content (AvgIpc) is 2.85. The van der Waals surface area contributed by atoms with Crippen molar-refractivity contribution in [2.24, 2.45) is 10.7 Å². The fourth-order valence-corrected chi connectivity index (χ4v) is 1.83. The molecule has 0 radical (unpaired) electrons. The summed E-state index contributed by atoms with van der Waals surface area (Å²) in [5.74, 6) is 1.68. The summed E-state index contributed by atoms with van der Waals surface area (Å²) in [4.78, 5) is 4.55. The van der Waals surface area contributed by atoms with Crippen molar-refractivity contribution < 1.29 is 9.47 Å². The van der Waals surface area contributed by atoms with Crippen molar-refractivity contribution in [3.63, 3.8) is 0 Å². The van der Waals surface area contributed by atoms with Crippen LogP contribution in [0.4, 0.5) is 0 Å². The summed E-state index contributed by atoms with van der Waals surface area (Å²) in [6.45, 7) is 1.29. The maximum atomic E-state index is 5.55. The van der Waals surface area contributed by atoms with Gasteiger partial charge in [0.15, 0.2) is 5.90 Å². The first-order valence-corrected chi connectivity index (χ1v) is 5.87. The molecule has 1 aromatic rings. The Balaban J connectivity index is 2.05. The molecular weight excluding hydrogens is 216 g/mol. The lowest BCUT2D eigenvalue weighted by molar-refractivity contribution is 0.310. The lowest BCUT2D eigenvalue weighted by atomic mass is 10.1. The van der Waals surface area contributed by atoms with Gasteiger partial charge >= 0.3 is 0 Å². The molecular formula is C13H18N2O2. The van der Waals surface area contributed by atoms with Gasteiger partial charge in [-0.3, -0.25) is 0 Å². The minimum atomic E-state index is 0.0953. The van der Waals surface area contributed by atoms with Gasteiger partial charge in [-0.2, -0.15) is 0 Å². The smallest absolute Gasteiger partial charge is 0.184 e. The predicted molar refractivity (Wildman–Crippen MR) is 67.4 cm³/mol. The number of nitrogens with two attached hydrogens (primary N) is 1. The van der Waals surface area contributed by atoms with Gasteiger partial charge in [-0.05, 0) is 30.7 Å². The number of hydrogen-bond donors (Lipinski definition) is 1. The molecule has 0 spiro atoms. The number of ether oxygens (including phenoxy) is 2. The Kier molecular flexibility index (Phi) is 3.98. The van der Waals surface area contributed by atoms with Crippen LogP contribution in [0.2, 0.25) is 0 Å². The highest BCUT2D eigenvalue weighted by atomic mass is 16.5. The molecule has 0 saturated carbocycles. The fourth-order valence-electron chi connectivity index (χ4n) is 1.83. The lowest BCUT2D eigenvalue weighted by Gasteiger charge is -2.07. The molecule has 1 aliphatic rings. The Labute approximate surface area is 101 Å². The first-order chi connectivity index (χ1) is 8.33. The van der Waals surface area contributed by atoms with Gasteiger partial charge in [0.1, 0.15) is 18.4 Å². The van der Waals surface area contributed by atoms with Crippen molar-refractivity contribution in [2.75, 3.05) is 20.3 Å². The van der Waals surface area contributed by atoms with Crippen molar-refractivity contribution in [1.29, 1.82) is 0 Å². The van der Waals surface area contributed by atoms with Gasteiger partial charge in [-0.25, -0.2) is 4.99 Å². The van der Waals surface area contributed by atoms with Crippen LogP contribution in [0.3, 0.4) is 0 Å². The van der Waals surface area contributed by atoms with Crippen LogP contribution in [-0.4, -0.2) is 26.2 Å². The molecule has 4 nitrogen and oxygen atoms in total. The highest BCUT2D eigenvalue weighted by Gasteiger charge is 2.20. The predicted octanol–water partition coefficient (Wildman–Crippen LogP) is 1.90. The Bertz CT molecular complexity index is 404. The Morgan fingerprint density at radius 2 is 2.41 bits per heavy atom. The highest BCUT2D eigenvalue weighted by Crippen LogP contribution is 2.26. The van der Waals surface area contributed by atoms with Crippen molar-refractivity contribution in [3.8, 4) is 5.75 Å². The summed E-state index contributed by atoms with van der Waals surface area (Å²) in [5.41, 5.74) is 6.59. The summed E-state index contributed by atoms with van der Waals surface area (Å²) >= 11 is 0. The zero-order valence-electron chi connectivity index (χ0n) is 10.1. The van der Waals surface area contributed by atoms with Crippen LogP contribution in [0.5, 0.6) is 5.75 Å². The number of nitrogens with zero attached hydrogens (tertiary/aromatic N) is 1. The fraction of sp³-hybridized carbons (Fsp3) is 0.462. The standard InChI is InChI=1S/C13H18N2O2/c1-16-11-5-2-4-10(8-11)12-9-17-13(15-12)6-3-7-14/h2,4-5,8,12H,3,6-7,9,14H2,1H3. The van der Waals surface area contributed by atoms with Crippen LogP contribution in [0, 0.1) is 0 Å². The molecule has 0 fully saturated rings. The van der Waals surface area contributed by atoms with Crippen LogP contribution < -0.4 is 10.5 Å². The van der Waals surface area contributed by atoms with Crippen LogP contribution in [0.15, 0.2) is 29.3 Å². The van der Waals surface area contributed by atoms with Crippen LogP contribution in [0.25, 0.3) is 0 Å². The number of hydrogen-bond acceptors (Lipinski definition) is 4. The summed E-state index contributed by atoms with van der Waals surface area (Å²) in [6.07, 6.45) is 1.75. The van der Waals surface area contributed by atoms with Crippen LogP contribution in [0.1, 0.15) is 24.4 Å². The number of benzene rings is 1. The largest absolute Gasteiger partial charge is 0.497 e. The summed E-state index contributed by atoms with van der Waals surface area (Å²) in [6, 6.07) is 8.05. The van der Waals surface area contributed by atoms with Crippen molar-refractivity contribution in [2.45, 2.75) is 18.9 Å². The summed E-state index contributed by atoms with van der Waals surface area (Å²) in [7, 11) is 1.67.